The summed E-state index contributed by atoms with van der Waals surface area (Å²) < 4.78 is 15.8. The van der Waals surface area contributed by atoms with Gasteiger partial charge >= 0.3 is 0 Å². The van der Waals surface area contributed by atoms with E-state index in [1.54, 1.807) is 41.5 Å². The summed E-state index contributed by atoms with van der Waals surface area (Å²) in [7, 11) is 0. The maximum atomic E-state index is 14.1. The Balaban J connectivity index is 1.70. The van der Waals surface area contributed by atoms with Crippen molar-refractivity contribution in [3.63, 3.8) is 0 Å². The van der Waals surface area contributed by atoms with E-state index < -0.39 is 0 Å². The normalized spacial score (nSPS) is 10.2. The number of nitrogens with one attached hydrogen (secondary N) is 1. The summed E-state index contributed by atoms with van der Waals surface area (Å²) in [4.78, 5) is 3.91. The summed E-state index contributed by atoms with van der Waals surface area (Å²) in [6, 6.07) is 14.3. The van der Waals surface area contributed by atoms with E-state index in [1.807, 2.05) is 18.2 Å². The minimum atomic E-state index is -0.294. The largest absolute Gasteiger partial charge is 0.381 e. The predicted octanol–water partition coefficient (Wildman–Crippen LogP) is 3.50. The lowest BCUT2D eigenvalue weighted by molar-refractivity contribution is 0.616. The van der Waals surface area contributed by atoms with Crippen LogP contribution in [0.1, 0.15) is 11.1 Å². The van der Waals surface area contributed by atoms with Gasteiger partial charge in [0.2, 0.25) is 0 Å². The Bertz CT molecular complexity index is 802. The third-order valence-corrected chi connectivity index (χ3v) is 3.31. The van der Waals surface area contributed by atoms with Crippen molar-refractivity contribution in [1.82, 2.24) is 9.55 Å². The van der Waals surface area contributed by atoms with E-state index in [9.17, 15) is 4.39 Å². The second-order valence-corrected chi connectivity index (χ2v) is 4.80. The van der Waals surface area contributed by atoms with E-state index in [-0.39, 0.29) is 5.82 Å². The molecule has 22 heavy (non-hydrogen) atoms. The first-order valence-corrected chi connectivity index (χ1v) is 6.77. The van der Waals surface area contributed by atoms with Gasteiger partial charge in [0.15, 0.2) is 0 Å². The molecule has 1 N–H and O–H groups in total. The minimum absolute atomic E-state index is 0.294. The Labute approximate surface area is 127 Å². The van der Waals surface area contributed by atoms with Crippen LogP contribution < -0.4 is 5.32 Å². The molecule has 0 saturated carbocycles. The number of nitriles is 1. The molecule has 0 radical (unpaired) electrons. The molecule has 0 bridgehead atoms. The maximum Gasteiger partial charge on any atom is 0.147 e. The smallest absolute Gasteiger partial charge is 0.147 e. The van der Waals surface area contributed by atoms with Crippen LogP contribution >= 0.6 is 0 Å². The summed E-state index contributed by atoms with van der Waals surface area (Å²) >= 11 is 0. The molecular formula is C17H13FN4. The van der Waals surface area contributed by atoms with Gasteiger partial charge in [-0.25, -0.2) is 9.37 Å². The first-order chi connectivity index (χ1) is 10.8. The lowest BCUT2D eigenvalue weighted by Crippen LogP contribution is -2.02. The number of hydrogen-bond acceptors (Lipinski definition) is 3. The number of halogens is 1. The van der Waals surface area contributed by atoms with Crippen molar-refractivity contribution in [3.05, 3.63) is 78.1 Å². The Kier molecular flexibility index (Phi) is 3.84. The quantitative estimate of drug-likeness (QED) is 0.800. The highest BCUT2D eigenvalue weighted by Gasteiger charge is 2.05. The summed E-state index contributed by atoms with van der Waals surface area (Å²) in [5.74, 6) is -0.294. The molecule has 3 rings (SSSR count). The van der Waals surface area contributed by atoms with Crippen LogP contribution in [0.4, 0.5) is 10.1 Å². The van der Waals surface area contributed by atoms with Crippen LogP contribution in [0.5, 0.6) is 0 Å². The van der Waals surface area contributed by atoms with Gasteiger partial charge in [0.1, 0.15) is 5.82 Å². The van der Waals surface area contributed by atoms with Crippen molar-refractivity contribution in [3.8, 4) is 11.8 Å². The monoisotopic (exact) mass is 292 g/mol. The van der Waals surface area contributed by atoms with Crippen LogP contribution in [0.25, 0.3) is 5.69 Å². The number of rotatable bonds is 4. The van der Waals surface area contributed by atoms with Crippen LogP contribution in [0.15, 0.2) is 61.2 Å². The fourth-order valence-corrected chi connectivity index (χ4v) is 2.14. The van der Waals surface area contributed by atoms with Crippen LogP contribution in [0.2, 0.25) is 0 Å². The van der Waals surface area contributed by atoms with E-state index >= 15 is 0 Å². The lowest BCUT2D eigenvalue weighted by atomic mass is 10.1. The van der Waals surface area contributed by atoms with Gasteiger partial charge in [0.25, 0.3) is 0 Å². The highest BCUT2D eigenvalue weighted by molar-refractivity contribution is 5.48. The fourth-order valence-electron chi connectivity index (χ4n) is 2.14. The topological polar surface area (TPSA) is 53.6 Å². The highest BCUT2D eigenvalue weighted by atomic mass is 19.1. The van der Waals surface area contributed by atoms with Gasteiger partial charge < -0.3 is 9.88 Å². The van der Waals surface area contributed by atoms with Crippen LogP contribution in [-0.4, -0.2) is 9.55 Å². The highest BCUT2D eigenvalue weighted by Crippen LogP contribution is 2.16. The zero-order valence-corrected chi connectivity index (χ0v) is 11.7. The number of hydrogen-bond donors (Lipinski definition) is 1. The molecular weight excluding hydrogens is 279 g/mol. The van der Waals surface area contributed by atoms with Gasteiger partial charge in [0.05, 0.1) is 23.6 Å². The lowest BCUT2D eigenvalue weighted by Gasteiger charge is -2.09. The molecule has 0 aliphatic heterocycles. The molecule has 0 atom stereocenters. The molecule has 0 saturated heterocycles. The van der Waals surface area contributed by atoms with Crippen molar-refractivity contribution >= 4 is 5.69 Å². The van der Waals surface area contributed by atoms with E-state index in [4.69, 9.17) is 5.26 Å². The van der Waals surface area contributed by atoms with Crippen LogP contribution in [0, 0.1) is 17.1 Å². The Morgan fingerprint density at radius 1 is 1.18 bits per heavy atom. The molecule has 0 unspecified atom stereocenters. The van der Waals surface area contributed by atoms with Crippen molar-refractivity contribution in [2.24, 2.45) is 0 Å². The fraction of sp³-hybridized carbons (Fsp3) is 0.0588. The molecule has 2 aromatic carbocycles. The van der Waals surface area contributed by atoms with E-state index in [0.29, 0.717) is 17.8 Å². The zero-order chi connectivity index (χ0) is 15.4. The summed E-state index contributed by atoms with van der Waals surface area (Å²) in [5.41, 5.74) is 2.81. The number of aromatic nitrogens is 2. The molecule has 0 fully saturated rings. The van der Waals surface area contributed by atoms with Crippen molar-refractivity contribution in [1.29, 1.82) is 5.26 Å². The van der Waals surface area contributed by atoms with Crippen LogP contribution in [-0.2, 0) is 6.54 Å². The summed E-state index contributed by atoms with van der Waals surface area (Å²) in [6.45, 7) is 0.507. The molecule has 0 amide bonds. The Morgan fingerprint density at radius 3 is 2.64 bits per heavy atom. The van der Waals surface area contributed by atoms with E-state index in [0.717, 1.165) is 11.3 Å². The van der Waals surface area contributed by atoms with Gasteiger partial charge in [-0.2, -0.15) is 5.26 Å². The first-order valence-electron chi connectivity index (χ1n) is 6.77. The first kappa shape index (κ1) is 13.8. The van der Waals surface area contributed by atoms with Gasteiger partial charge in [-0.05, 0) is 42.0 Å². The van der Waals surface area contributed by atoms with Gasteiger partial charge in [-0.15, -0.1) is 0 Å². The maximum absolute atomic E-state index is 14.1. The van der Waals surface area contributed by atoms with Gasteiger partial charge in [-0.3, -0.25) is 0 Å². The van der Waals surface area contributed by atoms with Gasteiger partial charge in [0, 0.05) is 24.6 Å². The third kappa shape index (κ3) is 2.96. The summed E-state index contributed by atoms with van der Waals surface area (Å²) in [6.07, 6.45) is 4.87. The van der Waals surface area contributed by atoms with Crippen LogP contribution in [0.3, 0.4) is 0 Å². The Morgan fingerprint density at radius 2 is 2.00 bits per heavy atom. The SMILES string of the molecule is N#Cc1ccc(NCc2ccc(-n3ccnc3)c(F)c2)cc1. The molecule has 0 aliphatic carbocycles. The van der Waals surface area contributed by atoms with Crippen molar-refractivity contribution < 1.29 is 4.39 Å². The molecule has 0 spiro atoms. The average Bonchev–Trinajstić information content (AvgIpc) is 3.07. The van der Waals surface area contributed by atoms with E-state index in [1.165, 1.54) is 6.07 Å². The Hall–Kier alpha value is -3.13. The molecule has 5 heteroatoms. The second kappa shape index (κ2) is 6.10. The van der Waals surface area contributed by atoms with Crippen molar-refractivity contribution in [2.45, 2.75) is 6.54 Å². The summed E-state index contributed by atoms with van der Waals surface area (Å²) in [5, 5.41) is 12.0. The average molecular weight is 292 g/mol. The number of imidazole rings is 1. The second-order valence-electron chi connectivity index (χ2n) is 4.80. The molecule has 108 valence electrons. The predicted molar refractivity (Wildman–Crippen MR) is 82.0 cm³/mol. The molecule has 3 aromatic rings. The number of nitrogens with zero attached hydrogens (tertiary/aromatic N) is 3. The zero-order valence-electron chi connectivity index (χ0n) is 11.7. The standard InChI is InChI=1S/C17H13FN4/c18-16-9-14(3-6-17(16)22-8-7-20-12-22)11-21-15-4-1-13(10-19)2-5-15/h1-9,12,21H,11H2. The minimum Gasteiger partial charge on any atom is -0.381 e. The number of benzene rings is 2. The van der Waals surface area contributed by atoms with Gasteiger partial charge in [-0.1, -0.05) is 6.07 Å². The molecule has 0 aliphatic rings. The third-order valence-electron chi connectivity index (χ3n) is 3.31. The molecule has 4 nitrogen and oxygen atoms in total. The molecule has 1 aromatic heterocycles. The number of anilines is 1. The molecule has 1 heterocycles. The van der Waals surface area contributed by atoms with E-state index in [2.05, 4.69) is 16.4 Å². The van der Waals surface area contributed by atoms with Crippen molar-refractivity contribution in [2.75, 3.05) is 5.32 Å².